The summed E-state index contributed by atoms with van der Waals surface area (Å²) in [6.07, 6.45) is -4.57. The number of alkyl halides is 3. The highest BCUT2D eigenvalue weighted by Crippen LogP contribution is 2.35. The minimum absolute atomic E-state index is 0.0176. The number of anilines is 2. The summed E-state index contributed by atoms with van der Waals surface area (Å²) >= 11 is 0. The molecule has 1 amide bonds. The quantitative estimate of drug-likeness (QED) is 0.762. The molecule has 0 heterocycles. The fourth-order valence-electron chi connectivity index (χ4n) is 2.74. The number of halogens is 3. The Bertz CT molecular complexity index is 1050. The first kappa shape index (κ1) is 22.7. The van der Waals surface area contributed by atoms with E-state index in [-0.39, 0.29) is 16.1 Å². The second-order valence-electron chi connectivity index (χ2n) is 6.70. The molecule has 0 aliphatic carbocycles. The van der Waals surface area contributed by atoms with E-state index in [9.17, 15) is 26.4 Å². The summed E-state index contributed by atoms with van der Waals surface area (Å²) in [5, 5.41) is 2.47. The predicted molar refractivity (Wildman–Crippen MR) is 106 cm³/mol. The van der Waals surface area contributed by atoms with Crippen molar-refractivity contribution in [2.24, 2.45) is 0 Å². The Balaban J connectivity index is 2.53. The number of carbonyl (C=O) groups excluding carboxylic acids is 1. The molecule has 0 saturated carbocycles. The van der Waals surface area contributed by atoms with Gasteiger partial charge in [-0.25, -0.2) is 13.1 Å². The van der Waals surface area contributed by atoms with Gasteiger partial charge in [0.2, 0.25) is 10.0 Å². The van der Waals surface area contributed by atoms with Gasteiger partial charge in [-0.15, -0.1) is 0 Å². The molecule has 0 aliphatic heterocycles. The Morgan fingerprint density at radius 3 is 2.21 bits per heavy atom. The largest absolute Gasteiger partial charge is 0.416 e. The number of sulfonamides is 1. The lowest BCUT2D eigenvalue weighted by Crippen LogP contribution is -2.22. The van der Waals surface area contributed by atoms with Crippen LogP contribution in [0.5, 0.6) is 0 Å². The fourth-order valence-corrected chi connectivity index (χ4v) is 3.81. The molecule has 0 fully saturated rings. The zero-order chi connectivity index (χ0) is 22.1. The molecule has 0 aromatic heterocycles. The van der Waals surface area contributed by atoms with E-state index >= 15 is 0 Å². The third-order valence-corrected chi connectivity index (χ3v) is 6.03. The molecule has 0 radical (unpaired) electrons. The Morgan fingerprint density at radius 1 is 1.07 bits per heavy atom. The molecule has 2 aromatic rings. The Labute approximate surface area is 167 Å². The van der Waals surface area contributed by atoms with Crippen molar-refractivity contribution >= 4 is 27.3 Å². The second-order valence-corrected chi connectivity index (χ2v) is 8.56. The van der Waals surface area contributed by atoms with E-state index in [0.29, 0.717) is 16.8 Å². The molecule has 158 valence electrons. The summed E-state index contributed by atoms with van der Waals surface area (Å²) < 4.78 is 65.9. The highest BCUT2D eigenvalue weighted by molar-refractivity contribution is 7.89. The van der Waals surface area contributed by atoms with E-state index in [0.717, 1.165) is 12.1 Å². The van der Waals surface area contributed by atoms with E-state index in [4.69, 9.17) is 0 Å². The van der Waals surface area contributed by atoms with Crippen LogP contribution in [0.1, 0.15) is 27.0 Å². The van der Waals surface area contributed by atoms with Crippen molar-refractivity contribution < 1.29 is 26.4 Å². The molecule has 0 spiro atoms. The molecule has 29 heavy (non-hydrogen) atoms. The molecule has 10 heteroatoms. The maximum absolute atomic E-state index is 13.1. The van der Waals surface area contributed by atoms with Gasteiger partial charge in [0.05, 0.1) is 21.8 Å². The maximum Gasteiger partial charge on any atom is 0.416 e. The first-order valence-electron chi connectivity index (χ1n) is 8.52. The molecule has 0 unspecified atom stereocenters. The van der Waals surface area contributed by atoms with Crippen molar-refractivity contribution in [2.75, 3.05) is 31.4 Å². The van der Waals surface area contributed by atoms with E-state index in [1.54, 1.807) is 32.8 Å². The minimum atomic E-state index is -4.57. The van der Waals surface area contributed by atoms with Crippen molar-refractivity contribution in [1.29, 1.82) is 0 Å². The Morgan fingerprint density at radius 2 is 1.69 bits per heavy atom. The average Bonchev–Trinajstić information content (AvgIpc) is 2.62. The lowest BCUT2D eigenvalue weighted by atomic mass is 10.1. The van der Waals surface area contributed by atoms with Crippen LogP contribution in [0.15, 0.2) is 35.2 Å². The van der Waals surface area contributed by atoms with Gasteiger partial charge in [0.1, 0.15) is 0 Å². The molecular formula is C19H22F3N3O3S. The fraction of sp³-hybridized carbons (Fsp3) is 0.316. The third kappa shape index (κ3) is 4.88. The zero-order valence-electron chi connectivity index (χ0n) is 16.6. The van der Waals surface area contributed by atoms with Crippen LogP contribution in [-0.2, 0) is 16.2 Å². The van der Waals surface area contributed by atoms with Gasteiger partial charge in [-0.3, -0.25) is 4.79 Å². The van der Waals surface area contributed by atoms with Crippen LogP contribution in [0, 0.1) is 13.8 Å². The molecule has 6 nitrogen and oxygen atoms in total. The standard InChI is InChI=1S/C19H22F3N3O3S/c1-11-8-13(9-17(12(11)2)29(27,28)23-3)18(26)24-15-10-14(19(20,21)22)6-7-16(15)25(4)5/h6-10,23H,1-5H3,(H,24,26). The predicted octanol–water partition coefficient (Wildman–Crippen LogP) is 3.55. The molecule has 0 bridgehead atoms. The Hall–Kier alpha value is -2.59. The summed E-state index contributed by atoms with van der Waals surface area (Å²) in [6, 6.07) is 5.72. The van der Waals surface area contributed by atoms with Gasteiger partial charge in [0.15, 0.2) is 0 Å². The number of nitrogens with one attached hydrogen (secondary N) is 2. The van der Waals surface area contributed by atoms with Gasteiger partial charge < -0.3 is 10.2 Å². The molecule has 2 rings (SSSR count). The van der Waals surface area contributed by atoms with Crippen LogP contribution < -0.4 is 14.9 Å². The normalized spacial score (nSPS) is 12.0. The van der Waals surface area contributed by atoms with Crippen LogP contribution in [0.4, 0.5) is 24.5 Å². The minimum Gasteiger partial charge on any atom is -0.376 e. The van der Waals surface area contributed by atoms with Gasteiger partial charge in [-0.1, -0.05) is 0 Å². The lowest BCUT2D eigenvalue weighted by Gasteiger charge is -2.20. The highest BCUT2D eigenvalue weighted by Gasteiger charge is 2.31. The SMILES string of the molecule is CNS(=O)(=O)c1cc(C(=O)Nc2cc(C(F)(F)F)ccc2N(C)C)cc(C)c1C. The summed E-state index contributed by atoms with van der Waals surface area (Å²) in [4.78, 5) is 14.2. The number of carbonyl (C=O) groups is 1. The van der Waals surface area contributed by atoms with Gasteiger partial charge in [0.25, 0.3) is 5.91 Å². The summed E-state index contributed by atoms with van der Waals surface area (Å²) in [7, 11) is 0.700. The van der Waals surface area contributed by atoms with Crippen LogP contribution >= 0.6 is 0 Å². The van der Waals surface area contributed by atoms with Crippen molar-refractivity contribution in [2.45, 2.75) is 24.9 Å². The molecule has 0 saturated heterocycles. The van der Waals surface area contributed by atoms with Crippen LogP contribution in [0.3, 0.4) is 0 Å². The summed E-state index contributed by atoms with van der Waals surface area (Å²) in [5.41, 5.74) is 0.484. The number of hydrogen-bond acceptors (Lipinski definition) is 4. The molecule has 2 aromatic carbocycles. The smallest absolute Gasteiger partial charge is 0.376 e. The van der Waals surface area contributed by atoms with Crippen LogP contribution in [-0.4, -0.2) is 35.5 Å². The molecular weight excluding hydrogens is 407 g/mol. The lowest BCUT2D eigenvalue weighted by molar-refractivity contribution is -0.137. The topological polar surface area (TPSA) is 78.5 Å². The van der Waals surface area contributed by atoms with E-state index < -0.39 is 27.7 Å². The number of rotatable bonds is 5. The summed E-state index contributed by atoms with van der Waals surface area (Å²) in [6.45, 7) is 3.26. The average molecular weight is 429 g/mol. The van der Waals surface area contributed by atoms with E-state index in [1.807, 2.05) is 0 Å². The van der Waals surface area contributed by atoms with Crippen LogP contribution in [0.2, 0.25) is 0 Å². The van der Waals surface area contributed by atoms with Crippen molar-refractivity contribution in [3.05, 3.63) is 52.6 Å². The maximum atomic E-state index is 13.1. The first-order chi connectivity index (χ1) is 13.3. The highest BCUT2D eigenvalue weighted by atomic mass is 32.2. The van der Waals surface area contributed by atoms with Crippen molar-refractivity contribution in [1.82, 2.24) is 4.72 Å². The third-order valence-electron chi connectivity index (χ3n) is 4.49. The summed E-state index contributed by atoms with van der Waals surface area (Å²) in [5.74, 6) is -0.719. The number of hydrogen-bond donors (Lipinski definition) is 2. The van der Waals surface area contributed by atoms with Gasteiger partial charge in [0, 0.05) is 19.7 Å². The number of amides is 1. The number of nitrogens with zero attached hydrogens (tertiary/aromatic N) is 1. The zero-order valence-corrected chi connectivity index (χ0v) is 17.4. The van der Waals surface area contributed by atoms with Gasteiger partial charge in [-0.2, -0.15) is 13.2 Å². The van der Waals surface area contributed by atoms with E-state index in [1.165, 1.54) is 25.2 Å². The second kappa shape index (κ2) is 8.03. The molecule has 0 atom stereocenters. The molecule has 2 N–H and O–H groups in total. The van der Waals surface area contributed by atoms with Gasteiger partial charge >= 0.3 is 6.18 Å². The van der Waals surface area contributed by atoms with Crippen LogP contribution in [0.25, 0.3) is 0 Å². The monoisotopic (exact) mass is 429 g/mol. The van der Waals surface area contributed by atoms with Crippen molar-refractivity contribution in [3.63, 3.8) is 0 Å². The first-order valence-corrected chi connectivity index (χ1v) is 10.0. The van der Waals surface area contributed by atoms with Crippen molar-refractivity contribution in [3.8, 4) is 0 Å². The number of aryl methyl sites for hydroxylation is 1. The van der Waals surface area contributed by atoms with Gasteiger partial charge in [-0.05, 0) is 62.4 Å². The van der Waals surface area contributed by atoms with E-state index in [2.05, 4.69) is 10.0 Å². The number of benzene rings is 2. The molecule has 0 aliphatic rings. The Kier molecular flexibility index (Phi) is 6.29.